The van der Waals surface area contributed by atoms with Gasteiger partial charge in [-0.3, -0.25) is 4.99 Å². The van der Waals surface area contributed by atoms with Crippen LogP contribution < -0.4 is 5.32 Å². The van der Waals surface area contributed by atoms with E-state index in [1.807, 2.05) is 0 Å². The fraction of sp³-hybridized carbons (Fsp3) is 0.750. The topological polar surface area (TPSA) is 24.4 Å². The van der Waals surface area contributed by atoms with Crippen LogP contribution in [0.4, 0.5) is 0 Å². The van der Waals surface area contributed by atoms with Crippen LogP contribution in [0.25, 0.3) is 0 Å². The van der Waals surface area contributed by atoms with Gasteiger partial charge in [-0.25, -0.2) is 0 Å². The molecule has 7 heavy (non-hydrogen) atoms. The highest BCUT2D eigenvalue weighted by atomic mass is 31.1. The van der Waals surface area contributed by atoms with Gasteiger partial charge in [-0.15, -0.1) is 0 Å². The lowest BCUT2D eigenvalue weighted by molar-refractivity contribution is 0.963. The van der Waals surface area contributed by atoms with E-state index < -0.39 is 0 Å². The Morgan fingerprint density at radius 1 is 1.86 bits per heavy atom. The van der Waals surface area contributed by atoms with Crippen molar-refractivity contribution in [2.75, 3.05) is 19.8 Å². The van der Waals surface area contributed by atoms with Crippen LogP contribution in [0.2, 0.25) is 0 Å². The molecule has 1 heterocycles. The van der Waals surface area contributed by atoms with E-state index in [9.17, 15) is 0 Å². The SMILES string of the molecule is CPC1=NCCN1. The summed E-state index contributed by atoms with van der Waals surface area (Å²) in [5.74, 6) is 0. The monoisotopic (exact) mass is 116 g/mol. The molecule has 0 aromatic rings. The van der Waals surface area contributed by atoms with Gasteiger partial charge in [0.25, 0.3) is 0 Å². The van der Waals surface area contributed by atoms with Crippen LogP contribution in [0, 0.1) is 0 Å². The first-order valence-electron chi connectivity index (χ1n) is 2.39. The van der Waals surface area contributed by atoms with Gasteiger partial charge in [0, 0.05) is 6.54 Å². The minimum absolute atomic E-state index is 0.850. The molecule has 0 amide bonds. The second-order valence-electron chi connectivity index (χ2n) is 1.41. The molecule has 0 aromatic heterocycles. The zero-order valence-electron chi connectivity index (χ0n) is 4.36. The minimum Gasteiger partial charge on any atom is -0.369 e. The molecule has 1 aliphatic rings. The van der Waals surface area contributed by atoms with Gasteiger partial charge >= 0.3 is 0 Å². The molecule has 0 radical (unpaired) electrons. The number of nitrogens with zero attached hydrogens (tertiary/aromatic N) is 1. The smallest absolute Gasteiger partial charge is 0.116 e. The van der Waals surface area contributed by atoms with Gasteiger partial charge in [0.15, 0.2) is 0 Å². The van der Waals surface area contributed by atoms with Crippen molar-refractivity contribution in [3.05, 3.63) is 0 Å². The van der Waals surface area contributed by atoms with Crippen LogP contribution in [0.3, 0.4) is 0 Å². The molecule has 1 N–H and O–H groups in total. The summed E-state index contributed by atoms with van der Waals surface area (Å²) in [7, 11) is 0.850. The molecular weight excluding hydrogens is 107 g/mol. The normalized spacial score (nSPS) is 20.4. The molecule has 40 valence electrons. The highest BCUT2D eigenvalue weighted by Crippen LogP contribution is 2.05. The largest absolute Gasteiger partial charge is 0.369 e. The molecule has 0 bridgehead atoms. The van der Waals surface area contributed by atoms with Crippen molar-refractivity contribution in [3.8, 4) is 0 Å². The van der Waals surface area contributed by atoms with E-state index in [0.29, 0.717) is 0 Å². The third-order valence-corrected chi connectivity index (χ3v) is 1.72. The lowest BCUT2D eigenvalue weighted by Gasteiger charge is -1.91. The maximum atomic E-state index is 4.17. The fourth-order valence-electron chi connectivity index (χ4n) is 0.565. The lowest BCUT2D eigenvalue weighted by atomic mass is 10.7. The van der Waals surface area contributed by atoms with Crippen LogP contribution in [0.5, 0.6) is 0 Å². The van der Waals surface area contributed by atoms with E-state index >= 15 is 0 Å². The van der Waals surface area contributed by atoms with E-state index in [2.05, 4.69) is 17.0 Å². The Bertz CT molecular complexity index is 89.7. The van der Waals surface area contributed by atoms with Gasteiger partial charge in [0.1, 0.15) is 5.58 Å². The molecule has 0 saturated heterocycles. The number of hydrogen-bond donors (Lipinski definition) is 1. The minimum atomic E-state index is 0.850. The number of amidine groups is 1. The average Bonchev–Trinajstić information content (AvgIpc) is 2.14. The molecule has 1 atom stereocenters. The number of rotatable bonds is 1. The zero-order valence-corrected chi connectivity index (χ0v) is 5.36. The van der Waals surface area contributed by atoms with Crippen molar-refractivity contribution in [1.82, 2.24) is 5.32 Å². The van der Waals surface area contributed by atoms with Gasteiger partial charge in [0.2, 0.25) is 0 Å². The van der Waals surface area contributed by atoms with E-state index in [1.54, 1.807) is 0 Å². The molecular formula is C4H9N2P. The Kier molecular flexibility index (Phi) is 1.64. The number of nitrogens with one attached hydrogen (secondary N) is 1. The number of hydrogen-bond acceptors (Lipinski definition) is 2. The average molecular weight is 116 g/mol. The molecule has 1 unspecified atom stereocenters. The van der Waals surface area contributed by atoms with Crippen LogP contribution in [0.15, 0.2) is 4.99 Å². The summed E-state index contributed by atoms with van der Waals surface area (Å²) < 4.78 is 0. The third kappa shape index (κ3) is 1.13. The predicted molar refractivity (Wildman–Crippen MR) is 34.5 cm³/mol. The van der Waals surface area contributed by atoms with E-state index in [1.165, 1.54) is 5.58 Å². The van der Waals surface area contributed by atoms with Crippen molar-refractivity contribution in [1.29, 1.82) is 0 Å². The van der Waals surface area contributed by atoms with Crippen LogP contribution >= 0.6 is 8.58 Å². The highest BCUT2D eigenvalue weighted by molar-refractivity contribution is 7.57. The Labute approximate surface area is 45.2 Å². The summed E-state index contributed by atoms with van der Waals surface area (Å²) in [5.41, 5.74) is 1.19. The molecule has 3 heteroatoms. The predicted octanol–water partition coefficient (Wildman–Crippen LogP) is 0.254. The second kappa shape index (κ2) is 2.27. The summed E-state index contributed by atoms with van der Waals surface area (Å²) >= 11 is 0. The molecule has 0 aromatic carbocycles. The fourth-order valence-corrected chi connectivity index (χ4v) is 1.14. The van der Waals surface area contributed by atoms with Crippen LogP contribution in [0.1, 0.15) is 0 Å². The first-order valence-corrected chi connectivity index (χ1v) is 3.89. The molecule has 0 fully saturated rings. The van der Waals surface area contributed by atoms with Gasteiger partial charge < -0.3 is 5.32 Å². The van der Waals surface area contributed by atoms with E-state index in [-0.39, 0.29) is 0 Å². The number of aliphatic imine (C=N–C) groups is 1. The van der Waals surface area contributed by atoms with Crippen molar-refractivity contribution in [3.63, 3.8) is 0 Å². The quantitative estimate of drug-likeness (QED) is 0.488. The standard InChI is InChI=1S/C4H9N2P/c1-7-4-5-2-3-6-4/h7H,2-3H2,1H3,(H,5,6). The third-order valence-electron chi connectivity index (χ3n) is 0.911. The summed E-state index contributed by atoms with van der Waals surface area (Å²) in [6, 6.07) is 0. The molecule has 1 aliphatic heterocycles. The Balaban J connectivity index is 2.36. The molecule has 1 rings (SSSR count). The van der Waals surface area contributed by atoms with Crippen molar-refractivity contribution >= 4 is 14.2 Å². The van der Waals surface area contributed by atoms with E-state index in [4.69, 9.17) is 0 Å². The Morgan fingerprint density at radius 2 is 2.71 bits per heavy atom. The van der Waals surface area contributed by atoms with Crippen molar-refractivity contribution in [2.24, 2.45) is 4.99 Å². The van der Waals surface area contributed by atoms with Gasteiger partial charge in [-0.05, 0) is 6.66 Å². The first-order chi connectivity index (χ1) is 3.43. The maximum absolute atomic E-state index is 4.17. The van der Waals surface area contributed by atoms with Crippen molar-refractivity contribution < 1.29 is 0 Å². The second-order valence-corrected chi connectivity index (χ2v) is 2.38. The summed E-state index contributed by atoms with van der Waals surface area (Å²) in [6.07, 6.45) is 0. The maximum Gasteiger partial charge on any atom is 0.116 e. The first kappa shape index (κ1) is 5.04. The summed E-state index contributed by atoms with van der Waals surface area (Å²) in [5, 5.41) is 3.17. The summed E-state index contributed by atoms with van der Waals surface area (Å²) in [6.45, 7) is 4.17. The zero-order chi connectivity index (χ0) is 5.11. The lowest BCUT2D eigenvalue weighted by Crippen LogP contribution is -2.13. The summed E-state index contributed by atoms with van der Waals surface area (Å²) in [4.78, 5) is 4.17. The van der Waals surface area contributed by atoms with Crippen LogP contribution in [-0.2, 0) is 0 Å². The highest BCUT2D eigenvalue weighted by Gasteiger charge is 1.98. The Hall–Kier alpha value is -0.100. The molecule has 0 aliphatic carbocycles. The van der Waals surface area contributed by atoms with Crippen molar-refractivity contribution in [2.45, 2.75) is 0 Å². The van der Waals surface area contributed by atoms with Gasteiger partial charge in [-0.1, -0.05) is 8.58 Å². The Morgan fingerprint density at radius 3 is 3.00 bits per heavy atom. The van der Waals surface area contributed by atoms with Gasteiger partial charge in [-0.2, -0.15) is 0 Å². The van der Waals surface area contributed by atoms with Crippen LogP contribution in [-0.4, -0.2) is 25.3 Å². The van der Waals surface area contributed by atoms with Gasteiger partial charge in [0.05, 0.1) is 6.54 Å². The molecule has 0 spiro atoms. The molecule has 2 nitrogen and oxygen atoms in total. The molecule has 0 saturated carbocycles. The van der Waals surface area contributed by atoms with E-state index in [0.717, 1.165) is 21.7 Å².